The molecular weight excluding hydrogens is 1100 g/mol. The molecule has 0 aromatic heterocycles. The van der Waals surface area contributed by atoms with Crippen LogP contribution in [0.5, 0.6) is 0 Å². The lowest BCUT2D eigenvalue weighted by Crippen LogP contribution is -2.88. The van der Waals surface area contributed by atoms with Gasteiger partial charge in [0.15, 0.2) is 16.8 Å². The first-order valence-electron chi connectivity index (χ1n) is 29.6. The minimum Gasteiger partial charge on any atom is -0.507 e. The van der Waals surface area contributed by atoms with Gasteiger partial charge in [-0.15, -0.1) is 0 Å². The number of allylic oxidation sites excluding steroid dienone is 11. The summed E-state index contributed by atoms with van der Waals surface area (Å²) >= 11 is 0. The highest BCUT2D eigenvalue weighted by molar-refractivity contribution is 6.08. The number of aliphatic hydroxyl groups excluding tert-OH is 3. The van der Waals surface area contributed by atoms with Gasteiger partial charge in [-0.25, -0.2) is 19.2 Å². The van der Waals surface area contributed by atoms with Gasteiger partial charge in [0.25, 0.3) is 0 Å². The molecule has 10 N–H and O–H groups in total. The van der Waals surface area contributed by atoms with E-state index in [2.05, 4.69) is 0 Å². The summed E-state index contributed by atoms with van der Waals surface area (Å²) in [6, 6.07) is 1.78. The summed E-state index contributed by atoms with van der Waals surface area (Å²) in [5.74, 6) is -16.9. The molecule has 18 aliphatic carbocycles. The predicted octanol–water partition coefficient (Wildman–Crippen LogP) is 4.39. The van der Waals surface area contributed by atoms with E-state index in [1.165, 1.54) is 6.08 Å². The summed E-state index contributed by atoms with van der Waals surface area (Å²) < 4.78 is 32.2. The van der Waals surface area contributed by atoms with Crippen molar-refractivity contribution in [1.29, 1.82) is 0 Å². The van der Waals surface area contributed by atoms with Gasteiger partial charge in [0.1, 0.15) is 56.3 Å². The molecule has 0 radical (unpaired) electrons. The quantitative estimate of drug-likeness (QED) is 0.183. The Morgan fingerprint density at radius 3 is 2.27 bits per heavy atom. The van der Waals surface area contributed by atoms with E-state index in [4.69, 9.17) is 18.9 Å². The molecule has 5 aliphatic heterocycles. The first-order valence-corrected chi connectivity index (χ1v) is 29.6. The van der Waals surface area contributed by atoms with E-state index < -0.39 is 151 Å². The Labute approximate surface area is 482 Å². The number of aliphatic carboxylic acids is 4. The Hall–Kier alpha value is -8.04. The van der Waals surface area contributed by atoms with Crippen molar-refractivity contribution in [2.24, 2.45) is 53.3 Å². The van der Waals surface area contributed by atoms with Crippen LogP contribution in [0.15, 0.2) is 185 Å². The average molecular weight is 1150 g/mol. The third-order valence-corrected chi connectivity index (χ3v) is 26.9. The number of hydrogen-bond acceptors (Lipinski definition) is 14. The smallest absolute Gasteiger partial charge is 0.339 e. The lowest BCUT2D eigenvalue weighted by molar-refractivity contribution is -0.279. The Morgan fingerprint density at radius 1 is 0.674 bits per heavy atom. The molecule has 7 spiro atoms. The van der Waals surface area contributed by atoms with Crippen LogP contribution in [0.2, 0.25) is 0 Å². The second-order valence-corrected chi connectivity index (χ2v) is 28.5. The van der Waals surface area contributed by atoms with Crippen LogP contribution in [0.4, 0.5) is 0 Å². The fourth-order valence-corrected chi connectivity index (χ4v) is 25.3. The van der Waals surface area contributed by atoms with Gasteiger partial charge in [0.2, 0.25) is 0 Å². The van der Waals surface area contributed by atoms with Gasteiger partial charge in [0, 0.05) is 104 Å². The highest BCUT2D eigenvalue weighted by Crippen LogP contribution is 3.01. The zero-order valence-corrected chi connectivity index (χ0v) is 44.5. The van der Waals surface area contributed by atoms with E-state index >= 15 is 5.11 Å². The second kappa shape index (κ2) is 11.8. The van der Waals surface area contributed by atoms with Crippen molar-refractivity contribution < 1.29 is 89.2 Å². The fourth-order valence-electron chi connectivity index (χ4n) is 25.3. The van der Waals surface area contributed by atoms with Crippen LogP contribution < -0.4 is 0 Å². The number of carboxylic acid groups (broad SMARTS) is 4. The van der Waals surface area contributed by atoms with Crippen LogP contribution in [0.1, 0.15) is 47.1 Å². The number of benzene rings is 1. The van der Waals surface area contributed by atoms with Gasteiger partial charge >= 0.3 is 23.9 Å². The number of hydrogen-bond donors (Lipinski definition) is 10. The van der Waals surface area contributed by atoms with Gasteiger partial charge in [-0.3, -0.25) is 0 Å². The number of fused-ring (bicyclic) bond motifs is 3. The maximum Gasteiger partial charge on any atom is 0.339 e. The Kier molecular flexibility index (Phi) is 6.22. The van der Waals surface area contributed by atoms with Crippen LogP contribution in [0.3, 0.4) is 0 Å². The summed E-state index contributed by atoms with van der Waals surface area (Å²) in [5.41, 5.74) is -12.5. The molecule has 24 rings (SSSR count). The van der Waals surface area contributed by atoms with Crippen molar-refractivity contribution >= 4 is 41.3 Å². The number of ether oxygens (including phenoxy) is 4. The first kappa shape index (κ1) is 45.3. The zero-order valence-electron chi connectivity index (χ0n) is 44.5. The molecule has 3 saturated heterocycles. The molecule has 422 valence electrons. The maximum atomic E-state index is 15.5. The zero-order chi connectivity index (χ0) is 57.7. The second-order valence-electron chi connectivity index (χ2n) is 28.5. The van der Waals surface area contributed by atoms with Crippen molar-refractivity contribution in [2.45, 2.75) is 75.3 Å². The molecule has 5 heterocycles. The van der Waals surface area contributed by atoms with Crippen LogP contribution in [-0.4, -0.2) is 133 Å². The minimum absolute atomic E-state index is 0.00719. The van der Waals surface area contributed by atoms with E-state index in [1.54, 1.807) is 60.8 Å². The molecule has 1 aromatic carbocycles. The third-order valence-electron chi connectivity index (χ3n) is 26.9. The number of epoxide rings is 3. The fraction of sp³-hybridized carbons (Fsp3) is 0.353. The molecule has 7 unspecified atom stereocenters. The Morgan fingerprint density at radius 2 is 1.49 bits per heavy atom. The van der Waals surface area contributed by atoms with E-state index in [0.717, 1.165) is 0 Å². The summed E-state index contributed by atoms with van der Waals surface area (Å²) in [7, 11) is 0. The van der Waals surface area contributed by atoms with Crippen molar-refractivity contribution in [3.8, 4) is 0 Å². The van der Waals surface area contributed by atoms with E-state index in [9.17, 15) is 65.1 Å². The predicted molar refractivity (Wildman–Crippen MR) is 287 cm³/mol. The standard InChI is InChI=1S/C68H42O18/c69-18-59(80)43-31-9-19-1-5-26-23(7-19)17-83-60-16-20(10-29(26)55(72)73)8-22-11-33-42-38(40(22)60)39-49-51-45-32(13-25-14-34(53(71)37(31)58(78)79)46(43)63(50(39)54(59)60)62(25,51)84-63)36(57(76)77)27-6-3-21-2-4-24-12-28-30(56(74)75)15-35(52(33)70)47-48(28)66(82)61(24,81)41(21)44(27)65(45)68(66,86-65)67(49)64(42,47)85-67/h1-6,8-11,13-15,28,41,43-44,46-48,50,54,69-71,80-82H,7,12,16-18H2,(H,72,73)(H,74,75)(H,76,77)(H,78,79)/b19-9-,29-10+/t28?,41?,43?,44-,46+,47?,48?,50-,54?,59+,60?,61-,62-,63-,64-,65+,66-,67+,68+/m1/s1. The summed E-state index contributed by atoms with van der Waals surface area (Å²) in [6.07, 6.45) is 20.4. The molecule has 18 nitrogen and oxygen atoms in total. The third kappa shape index (κ3) is 3.39. The monoisotopic (exact) mass is 1150 g/mol. The van der Waals surface area contributed by atoms with Gasteiger partial charge in [0.05, 0.1) is 24.4 Å². The molecule has 7 fully saturated rings. The van der Waals surface area contributed by atoms with Crippen molar-refractivity contribution in [3.63, 3.8) is 0 Å². The topological polar surface area (TPSA) is 317 Å². The van der Waals surface area contributed by atoms with E-state index in [1.807, 2.05) is 12.2 Å². The minimum atomic E-state index is -2.50. The molecule has 6 bridgehead atoms. The number of aliphatic hydroxyl groups is 6. The number of carboxylic acids is 4. The van der Waals surface area contributed by atoms with E-state index in [0.29, 0.717) is 89.1 Å². The summed E-state index contributed by atoms with van der Waals surface area (Å²) in [4.78, 5) is 56.8. The Bertz CT molecular complexity index is 4890. The van der Waals surface area contributed by atoms with Crippen LogP contribution >= 0.6 is 0 Å². The maximum absolute atomic E-state index is 15.5. The molecular formula is C68H42O18. The number of carbonyl (C=O) groups is 4. The lowest BCUT2D eigenvalue weighted by Gasteiger charge is -2.74. The molecule has 1 aromatic rings. The molecule has 19 atom stereocenters. The summed E-state index contributed by atoms with van der Waals surface area (Å²) in [5, 5.41) is 131. The molecule has 86 heavy (non-hydrogen) atoms. The normalized spacial score (nSPS) is 51.0. The van der Waals surface area contributed by atoms with Crippen molar-refractivity contribution in [2.75, 3.05) is 13.2 Å². The largest absolute Gasteiger partial charge is 0.507 e. The van der Waals surface area contributed by atoms with Gasteiger partial charge < -0.3 is 70.0 Å². The van der Waals surface area contributed by atoms with Gasteiger partial charge in [-0.1, -0.05) is 48.6 Å². The van der Waals surface area contributed by atoms with Crippen LogP contribution in [-0.2, 0) is 49.3 Å². The summed E-state index contributed by atoms with van der Waals surface area (Å²) in [6.45, 7) is -1.22. The first-order chi connectivity index (χ1) is 41.2. The highest BCUT2D eigenvalue weighted by Gasteiger charge is 3.13. The highest BCUT2D eigenvalue weighted by atomic mass is 16.7. The van der Waals surface area contributed by atoms with Gasteiger partial charge in [-0.2, -0.15) is 0 Å². The van der Waals surface area contributed by atoms with Crippen molar-refractivity contribution in [1.82, 2.24) is 0 Å². The molecule has 4 saturated carbocycles. The van der Waals surface area contributed by atoms with Crippen molar-refractivity contribution in [3.05, 3.63) is 212 Å². The Balaban J connectivity index is 0.980. The molecule has 0 amide bonds. The van der Waals surface area contributed by atoms with Gasteiger partial charge in [-0.05, 0) is 121 Å². The SMILES string of the molecule is O=C(O)C1=CC2=C(O)c3cc4c5c6c3[C@]37O[C@@]38C3=C6[C@@H]6C9C5%10CC(=C4)/C=C(/C(=O)O)C4=C(CO%10)C/C(=C\C5=C(C(=O)O)C(O)=C%10C=C%11C=C%12C(C(=O)O)=C%13C=CC%14=CC=C%15CC1C(C27)[C@]1(O)[C@]82O[C@]2(C%12=C3[C@]%112O[C@]62[C@@H]%10C5[C@@]9(O)CO)[C@H]%13C%14[C@]%151O)C=C4. The van der Waals surface area contributed by atoms with E-state index in [-0.39, 0.29) is 76.2 Å². The van der Waals surface area contributed by atoms with Crippen LogP contribution in [0.25, 0.3) is 17.4 Å². The van der Waals surface area contributed by atoms with Crippen LogP contribution in [0, 0.1) is 53.3 Å². The molecule has 18 heteroatoms. The lowest BCUT2D eigenvalue weighted by atomic mass is 9.26. The average Bonchev–Trinajstić information content (AvgIpc) is 1.35. The molecule has 23 aliphatic rings. The number of rotatable bonds is 5.